The second-order valence-electron chi connectivity index (χ2n) is 7.10. The van der Waals surface area contributed by atoms with Crippen molar-refractivity contribution in [2.75, 3.05) is 20.3 Å². The minimum absolute atomic E-state index is 0.0613. The number of carbonyl (C=O) groups is 2. The van der Waals surface area contributed by atoms with Crippen LogP contribution in [-0.2, 0) is 14.3 Å². The van der Waals surface area contributed by atoms with Crippen LogP contribution in [0.15, 0.2) is 54.4 Å². The number of methoxy groups -OCH3 is 1. The molecule has 1 N–H and O–H groups in total. The van der Waals surface area contributed by atoms with E-state index in [1.165, 1.54) is 4.90 Å². The number of nitrogens with zero attached hydrogens (tertiary/aromatic N) is 2. The smallest absolute Gasteiger partial charge is 0.295 e. The summed E-state index contributed by atoms with van der Waals surface area (Å²) in [4.78, 5) is 31.4. The summed E-state index contributed by atoms with van der Waals surface area (Å²) in [5.41, 5.74) is 1.17. The van der Waals surface area contributed by atoms with Gasteiger partial charge in [0, 0.05) is 31.1 Å². The topological polar surface area (TPSA) is 89.0 Å². The van der Waals surface area contributed by atoms with E-state index in [-0.39, 0.29) is 17.4 Å². The molecular formula is C22H22N2O5. The van der Waals surface area contributed by atoms with Crippen LogP contribution in [0.2, 0.25) is 0 Å². The van der Waals surface area contributed by atoms with Gasteiger partial charge < -0.3 is 19.5 Å². The number of rotatable bonds is 5. The van der Waals surface area contributed by atoms with Crippen molar-refractivity contribution in [3.63, 3.8) is 0 Å². The van der Waals surface area contributed by atoms with E-state index >= 15 is 0 Å². The Bertz CT molecular complexity index is 933. The van der Waals surface area contributed by atoms with Gasteiger partial charge in [0.1, 0.15) is 11.5 Å². The molecule has 1 aromatic heterocycles. The van der Waals surface area contributed by atoms with Crippen molar-refractivity contribution in [2.45, 2.75) is 25.0 Å². The number of ether oxygens (including phenoxy) is 2. The quantitative estimate of drug-likeness (QED) is 0.477. The standard InChI is InChI=1S/C22H22N2O5/c1-28-16-8-6-14(7-9-16)20(25)18-19(15-4-2-10-23-12-15)24(22(27)21(18)26)13-17-5-3-11-29-17/h2,4,6-10,12,17,19,25H,3,5,11,13H2,1H3/t17-,19+/m0/s1. The van der Waals surface area contributed by atoms with Crippen LogP contribution in [-0.4, -0.2) is 53.0 Å². The van der Waals surface area contributed by atoms with Crippen LogP contribution in [0.5, 0.6) is 5.75 Å². The van der Waals surface area contributed by atoms with E-state index in [4.69, 9.17) is 9.47 Å². The maximum absolute atomic E-state index is 12.9. The lowest BCUT2D eigenvalue weighted by molar-refractivity contribution is -0.140. The molecule has 2 saturated heterocycles. The summed E-state index contributed by atoms with van der Waals surface area (Å²) in [6.07, 6.45) is 4.88. The third-order valence-electron chi connectivity index (χ3n) is 5.33. The predicted octanol–water partition coefficient (Wildman–Crippen LogP) is 2.69. The summed E-state index contributed by atoms with van der Waals surface area (Å²) in [6, 6.07) is 9.52. The Morgan fingerprint density at radius 2 is 2.07 bits per heavy atom. The summed E-state index contributed by atoms with van der Waals surface area (Å²) in [6.45, 7) is 0.946. The van der Waals surface area contributed by atoms with E-state index < -0.39 is 17.7 Å². The zero-order valence-corrected chi connectivity index (χ0v) is 16.1. The number of aliphatic hydroxyl groups is 1. The van der Waals surface area contributed by atoms with Crippen molar-refractivity contribution in [2.24, 2.45) is 0 Å². The molecule has 0 aliphatic carbocycles. The number of aromatic nitrogens is 1. The van der Waals surface area contributed by atoms with Crippen molar-refractivity contribution < 1.29 is 24.2 Å². The molecule has 0 spiro atoms. The molecule has 0 radical (unpaired) electrons. The van der Waals surface area contributed by atoms with Crippen molar-refractivity contribution in [3.8, 4) is 5.75 Å². The molecule has 0 bridgehead atoms. The molecule has 7 nitrogen and oxygen atoms in total. The van der Waals surface area contributed by atoms with Crippen LogP contribution < -0.4 is 4.74 Å². The van der Waals surface area contributed by atoms with Crippen LogP contribution in [0.3, 0.4) is 0 Å². The summed E-state index contributed by atoms with van der Waals surface area (Å²) in [7, 11) is 1.55. The van der Waals surface area contributed by atoms with Crippen molar-refractivity contribution in [1.82, 2.24) is 9.88 Å². The van der Waals surface area contributed by atoms with Gasteiger partial charge in [-0.15, -0.1) is 0 Å². The molecule has 2 atom stereocenters. The van der Waals surface area contributed by atoms with Crippen molar-refractivity contribution in [3.05, 3.63) is 65.5 Å². The van der Waals surface area contributed by atoms with Crippen LogP contribution in [0.4, 0.5) is 0 Å². The van der Waals surface area contributed by atoms with Gasteiger partial charge in [0.2, 0.25) is 0 Å². The lowest BCUT2D eigenvalue weighted by atomic mass is 9.96. The zero-order chi connectivity index (χ0) is 20.4. The molecule has 2 aromatic rings. The van der Waals surface area contributed by atoms with Gasteiger partial charge in [0.25, 0.3) is 11.7 Å². The minimum atomic E-state index is -0.713. The third-order valence-corrected chi connectivity index (χ3v) is 5.33. The monoisotopic (exact) mass is 394 g/mol. The molecule has 0 unspecified atom stereocenters. The number of ketones is 1. The van der Waals surface area contributed by atoms with E-state index in [0.717, 1.165) is 12.8 Å². The largest absolute Gasteiger partial charge is 0.507 e. The van der Waals surface area contributed by atoms with Crippen molar-refractivity contribution in [1.29, 1.82) is 0 Å². The third kappa shape index (κ3) is 3.61. The highest BCUT2D eigenvalue weighted by Gasteiger charge is 2.47. The Hall–Kier alpha value is -3.19. The number of hydrogen-bond acceptors (Lipinski definition) is 6. The van der Waals surface area contributed by atoms with Gasteiger partial charge in [-0.05, 0) is 48.7 Å². The van der Waals surface area contributed by atoms with Crippen molar-refractivity contribution >= 4 is 17.4 Å². The van der Waals surface area contributed by atoms with Gasteiger partial charge in [-0.3, -0.25) is 14.6 Å². The van der Waals surface area contributed by atoms with Crippen LogP contribution in [0, 0.1) is 0 Å². The number of Topliss-reactive ketones (excluding diaryl/α,β-unsaturated/α-hetero) is 1. The van der Waals surface area contributed by atoms with Gasteiger partial charge in [-0.1, -0.05) is 6.07 Å². The van der Waals surface area contributed by atoms with Crippen LogP contribution in [0.25, 0.3) is 5.76 Å². The molecule has 2 fully saturated rings. The van der Waals surface area contributed by atoms with Crippen LogP contribution in [0.1, 0.15) is 30.0 Å². The molecule has 1 amide bonds. The first-order valence-corrected chi connectivity index (χ1v) is 9.54. The Morgan fingerprint density at radius 3 is 2.69 bits per heavy atom. The molecule has 1 aromatic carbocycles. The van der Waals surface area contributed by atoms with Crippen LogP contribution >= 0.6 is 0 Å². The number of hydrogen-bond donors (Lipinski definition) is 1. The first-order chi connectivity index (χ1) is 14.1. The lowest BCUT2D eigenvalue weighted by Crippen LogP contribution is -2.36. The highest BCUT2D eigenvalue weighted by Crippen LogP contribution is 2.39. The van der Waals surface area contributed by atoms with E-state index in [1.54, 1.807) is 55.9 Å². The number of carbonyl (C=O) groups excluding carboxylic acids is 2. The highest BCUT2D eigenvalue weighted by molar-refractivity contribution is 6.46. The number of aliphatic hydroxyl groups excluding tert-OH is 1. The Morgan fingerprint density at radius 1 is 1.28 bits per heavy atom. The first kappa shape index (κ1) is 19.1. The number of benzene rings is 1. The number of amides is 1. The van der Waals surface area contributed by atoms with Gasteiger partial charge in [-0.2, -0.15) is 0 Å². The molecule has 7 heteroatoms. The second-order valence-corrected chi connectivity index (χ2v) is 7.10. The average molecular weight is 394 g/mol. The fourth-order valence-electron chi connectivity index (χ4n) is 3.86. The summed E-state index contributed by atoms with van der Waals surface area (Å²) in [5.74, 6) is -0.923. The van der Waals surface area contributed by atoms with E-state index in [9.17, 15) is 14.7 Å². The zero-order valence-electron chi connectivity index (χ0n) is 16.1. The summed E-state index contributed by atoms with van der Waals surface area (Å²) in [5, 5.41) is 11.0. The van der Waals surface area contributed by atoms with Gasteiger partial charge in [0.15, 0.2) is 0 Å². The molecule has 0 saturated carbocycles. The Labute approximate surface area is 168 Å². The lowest BCUT2D eigenvalue weighted by Gasteiger charge is -2.27. The first-order valence-electron chi connectivity index (χ1n) is 9.54. The highest BCUT2D eigenvalue weighted by atomic mass is 16.5. The maximum atomic E-state index is 12.9. The summed E-state index contributed by atoms with van der Waals surface area (Å²) >= 11 is 0. The van der Waals surface area contributed by atoms with Gasteiger partial charge in [0.05, 0.1) is 24.8 Å². The van der Waals surface area contributed by atoms with Gasteiger partial charge >= 0.3 is 0 Å². The Balaban J connectivity index is 1.79. The number of pyridine rings is 1. The second kappa shape index (κ2) is 8.05. The molecule has 29 heavy (non-hydrogen) atoms. The molecule has 4 rings (SSSR count). The molecule has 150 valence electrons. The van der Waals surface area contributed by atoms with Gasteiger partial charge in [-0.25, -0.2) is 0 Å². The summed E-state index contributed by atoms with van der Waals surface area (Å²) < 4.78 is 10.8. The maximum Gasteiger partial charge on any atom is 0.295 e. The van der Waals surface area contributed by atoms with E-state index in [0.29, 0.717) is 30.0 Å². The predicted molar refractivity (Wildman–Crippen MR) is 105 cm³/mol. The minimum Gasteiger partial charge on any atom is -0.507 e. The fraction of sp³-hybridized carbons (Fsp3) is 0.318. The van der Waals surface area contributed by atoms with E-state index in [1.807, 2.05) is 0 Å². The Kier molecular flexibility index (Phi) is 5.31. The van der Waals surface area contributed by atoms with E-state index in [2.05, 4.69) is 4.98 Å². The average Bonchev–Trinajstić information content (AvgIpc) is 3.36. The molecular weight excluding hydrogens is 372 g/mol. The normalized spacial score (nSPS) is 23.6. The molecule has 3 heterocycles. The SMILES string of the molecule is COc1ccc(C(O)=C2C(=O)C(=O)N(C[C@@H]3CCCO3)[C@@H]2c2cccnc2)cc1. The molecule has 2 aliphatic rings. The molecule has 2 aliphatic heterocycles. The fourth-order valence-corrected chi connectivity index (χ4v) is 3.86. The number of likely N-dealkylation sites (tertiary alicyclic amines) is 1.